The Morgan fingerprint density at radius 3 is 2.54 bits per heavy atom. The van der Waals surface area contributed by atoms with Crippen LogP contribution in [0.25, 0.3) is 0 Å². The lowest BCUT2D eigenvalue weighted by Crippen LogP contribution is -2.47. The number of likely N-dealkylation sites (N-methyl/N-ethyl adjacent to an activating group) is 1. The number of H-pyrrole nitrogens is 1. The van der Waals surface area contributed by atoms with Crippen LogP contribution in [0.4, 0.5) is 23.3 Å². The molecule has 35 heavy (non-hydrogen) atoms. The Balaban J connectivity index is 1.46. The predicted molar refractivity (Wildman–Crippen MR) is 148 cm³/mol. The number of hydrogen-bond acceptors (Lipinski definition) is 7. The number of piperidine rings is 1. The summed E-state index contributed by atoms with van der Waals surface area (Å²) in [6, 6.07) is 6.33. The maximum Gasteiger partial charge on any atom is 0.236 e. The van der Waals surface area contributed by atoms with Crippen LogP contribution >= 0.6 is 22.6 Å². The molecule has 2 aromatic heterocycles. The molecular formula is C25H33IN8O. The van der Waals surface area contributed by atoms with Crippen molar-refractivity contribution in [3.63, 3.8) is 0 Å². The van der Waals surface area contributed by atoms with Gasteiger partial charge in [-0.05, 0) is 105 Å². The minimum atomic E-state index is -0.0827. The minimum Gasteiger partial charge on any atom is -0.358 e. The van der Waals surface area contributed by atoms with Crippen molar-refractivity contribution in [1.29, 1.82) is 0 Å². The zero-order valence-corrected chi connectivity index (χ0v) is 23.0. The lowest BCUT2D eigenvalue weighted by atomic mass is 9.85. The minimum absolute atomic E-state index is 0.0827. The van der Waals surface area contributed by atoms with Crippen molar-refractivity contribution < 1.29 is 4.79 Å². The molecule has 0 saturated carbocycles. The molecule has 0 spiro atoms. The lowest BCUT2D eigenvalue weighted by Gasteiger charge is -2.36. The number of carbonyl (C=O) groups excluding carboxylic acids is 1. The average molecular weight is 588 g/mol. The number of hydrogen-bond donors (Lipinski definition) is 4. The number of benzene rings is 1. The summed E-state index contributed by atoms with van der Waals surface area (Å²) in [6.07, 6.45) is 3.90. The quantitative estimate of drug-likeness (QED) is 0.300. The SMILES string of the molecule is CNC(=O)[C@H](C)N1CCC(c2cc(C)c(Nc3ncc(I)c(Nc4cc(C)[nH]n4)n3)cc2C)CC1. The van der Waals surface area contributed by atoms with Gasteiger partial charge in [-0.2, -0.15) is 10.1 Å². The lowest BCUT2D eigenvalue weighted by molar-refractivity contribution is -0.125. The summed E-state index contributed by atoms with van der Waals surface area (Å²) in [5.74, 6) is 2.54. The van der Waals surface area contributed by atoms with E-state index in [-0.39, 0.29) is 11.9 Å². The first-order valence-corrected chi connectivity index (χ1v) is 13.0. The Labute approximate surface area is 220 Å². The summed E-state index contributed by atoms with van der Waals surface area (Å²) >= 11 is 2.21. The molecule has 3 aromatic rings. The predicted octanol–water partition coefficient (Wildman–Crippen LogP) is 4.53. The van der Waals surface area contributed by atoms with Crippen molar-refractivity contribution >= 4 is 51.8 Å². The van der Waals surface area contributed by atoms with Crippen LogP contribution in [-0.2, 0) is 4.79 Å². The third-order valence-electron chi connectivity index (χ3n) is 6.70. The zero-order valence-electron chi connectivity index (χ0n) is 20.9. The summed E-state index contributed by atoms with van der Waals surface area (Å²) in [5, 5.41) is 16.6. The van der Waals surface area contributed by atoms with Crippen LogP contribution in [0, 0.1) is 24.3 Å². The number of aromatic amines is 1. The van der Waals surface area contributed by atoms with Gasteiger partial charge in [0.1, 0.15) is 0 Å². The van der Waals surface area contributed by atoms with E-state index in [9.17, 15) is 4.79 Å². The highest BCUT2D eigenvalue weighted by molar-refractivity contribution is 14.1. The molecule has 186 valence electrons. The Morgan fingerprint density at radius 2 is 1.89 bits per heavy atom. The van der Waals surface area contributed by atoms with Gasteiger partial charge in [-0.15, -0.1) is 0 Å². The molecule has 0 aliphatic carbocycles. The van der Waals surface area contributed by atoms with Crippen molar-refractivity contribution in [3.8, 4) is 0 Å². The van der Waals surface area contributed by atoms with E-state index >= 15 is 0 Å². The molecule has 9 nitrogen and oxygen atoms in total. The van der Waals surface area contributed by atoms with Crippen LogP contribution < -0.4 is 16.0 Å². The van der Waals surface area contributed by atoms with E-state index in [1.165, 1.54) is 11.1 Å². The highest BCUT2D eigenvalue weighted by Crippen LogP contribution is 2.34. The molecule has 4 N–H and O–H groups in total. The zero-order chi connectivity index (χ0) is 25.1. The van der Waals surface area contributed by atoms with Gasteiger partial charge in [0, 0.05) is 30.7 Å². The highest BCUT2D eigenvalue weighted by Gasteiger charge is 2.27. The van der Waals surface area contributed by atoms with Gasteiger partial charge >= 0.3 is 0 Å². The van der Waals surface area contributed by atoms with Gasteiger partial charge in [0.05, 0.1) is 9.61 Å². The van der Waals surface area contributed by atoms with Gasteiger partial charge in [0.2, 0.25) is 11.9 Å². The number of nitrogens with zero attached hydrogens (tertiary/aromatic N) is 4. The molecule has 0 unspecified atom stereocenters. The van der Waals surface area contributed by atoms with Crippen molar-refractivity contribution in [2.45, 2.75) is 52.5 Å². The fraction of sp³-hybridized carbons (Fsp3) is 0.440. The van der Waals surface area contributed by atoms with Crippen LogP contribution in [0.3, 0.4) is 0 Å². The number of nitrogens with one attached hydrogen (secondary N) is 4. The molecular weight excluding hydrogens is 555 g/mol. The smallest absolute Gasteiger partial charge is 0.236 e. The molecule has 1 atom stereocenters. The van der Waals surface area contributed by atoms with Crippen molar-refractivity contribution in [1.82, 2.24) is 30.4 Å². The van der Waals surface area contributed by atoms with Crippen LogP contribution in [0.15, 0.2) is 24.4 Å². The Bertz CT molecular complexity index is 1200. The number of likely N-dealkylation sites (tertiary alicyclic amines) is 1. The number of anilines is 4. The maximum absolute atomic E-state index is 12.0. The van der Waals surface area contributed by atoms with Crippen molar-refractivity contribution in [2.24, 2.45) is 0 Å². The molecule has 1 fully saturated rings. The van der Waals surface area contributed by atoms with E-state index in [2.05, 4.69) is 89.6 Å². The summed E-state index contributed by atoms with van der Waals surface area (Å²) < 4.78 is 0.911. The van der Waals surface area contributed by atoms with Gasteiger partial charge in [-0.1, -0.05) is 6.07 Å². The fourth-order valence-electron chi connectivity index (χ4n) is 4.62. The standard InChI is InChI=1S/C25H33IN8O/c1-14-11-21(29-25-28-13-20(26)23(31-25)30-22-12-16(3)32-33-22)15(2)10-19(14)18-6-8-34(9-7-18)17(4)24(35)27-5/h10-13,17-18H,6-9H2,1-5H3,(H,27,35)(H3,28,29,30,31,32,33)/t17-/m0/s1. The van der Waals surface area contributed by atoms with Crippen molar-refractivity contribution in [3.05, 3.63) is 50.4 Å². The molecule has 10 heteroatoms. The molecule has 1 aliphatic heterocycles. The third-order valence-corrected chi connectivity index (χ3v) is 7.49. The molecule has 0 bridgehead atoms. The summed E-state index contributed by atoms with van der Waals surface area (Å²) in [4.78, 5) is 23.4. The van der Waals surface area contributed by atoms with E-state index in [4.69, 9.17) is 0 Å². The van der Waals surface area contributed by atoms with E-state index in [0.29, 0.717) is 17.7 Å². The van der Waals surface area contributed by atoms with Gasteiger partial charge in [0.25, 0.3) is 0 Å². The monoisotopic (exact) mass is 588 g/mol. The Kier molecular flexibility index (Phi) is 7.90. The number of halogens is 1. The molecule has 1 aliphatic rings. The number of carbonyl (C=O) groups is 1. The molecule has 1 amide bonds. The van der Waals surface area contributed by atoms with Gasteiger partial charge in [-0.3, -0.25) is 14.8 Å². The summed E-state index contributed by atoms with van der Waals surface area (Å²) in [7, 11) is 1.70. The second kappa shape index (κ2) is 10.9. The Hall–Kier alpha value is -2.73. The van der Waals surface area contributed by atoms with Gasteiger partial charge in [-0.25, -0.2) is 4.98 Å². The maximum atomic E-state index is 12.0. The molecule has 1 saturated heterocycles. The first kappa shape index (κ1) is 25.4. The number of aryl methyl sites for hydroxylation is 3. The van der Waals surface area contributed by atoms with Crippen LogP contribution in [0.2, 0.25) is 0 Å². The molecule has 3 heterocycles. The van der Waals surface area contributed by atoms with Crippen molar-refractivity contribution in [2.75, 3.05) is 30.8 Å². The van der Waals surface area contributed by atoms with E-state index in [0.717, 1.165) is 52.3 Å². The molecule has 1 aromatic carbocycles. The normalized spacial score (nSPS) is 15.6. The number of rotatable bonds is 7. The van der Waals surface area contributed by atoms with Crippen LogP contribution in [-0.4, -0.2) is 57.2 Å². The topological polar surface area (TPSA) is 111 Å². The molecule has 0 radical (unpaired) electrons. The first-order chi connectivity index (χ1) is 16.7. The van der Waals surface area contributed by atoms with Gasteiger partial charge < -0.3 is 16.0 Å². The summed E-state index contributed by atoms with van der Waals surface area (Å²) in [6.45, 7) is 10.1. The fourth-order valence-corrected chi connectivity index (χ4v) is 5.02. The van der Waals surface area contributed by atoms with Gasteiger partial charge in [0.15, 0.2) is 11.6 Å². The number of amides is 1. The van der Waals surface area contributed by atoms with E-state index < -0.39 is 0 Å². The second-order valence-electron chi connectivity index (χ2n) is 9.20. The van der Waals surface area contributed by atoms with E-state index in [1.807, 2.05) is 19.9 Å². The largest absolute Gasteiger partial charge is 0.358 e. The highest BCUT2D eigenvalue weighted by atomic mass is 127. The van der Waals surface area contributed by atoms with Crippen LogP contribution in [0.5, 0.6) is 0 Å². The summed E-state index contributed by atoms with van der Waals surface area (Å²) in [5.41, 5.74) is 5.78. The molecule has 4 rings (SSSR count). The third kappa shape index (κ3) is 5.92. The number of aromatic nitrogens is 4. The Morgan fingerprint density at radius 1 is 1.14 bits per heavy atom. The first-order valence-electron chi connectivity index (χ1n) is 11.9. The van der Waals surface area contributed by atoms with Crippen LogP contribution in [0.1, 0.15) is 48.1 Å². The second-order valence-corrected chi connectivity index (χ2v) is 10.4. The average Bonchev–Trinajstić information content (AvgIpc) is 3.26. The van der Waals surface area contributed by atoms with E-state index in [1.54, 1.807) is 13.2 Å².